The van der Waals surface area contributed by atoms with Crippen LogP contribution in [0.4, 0.5) is 0 Å². The van der Waals surface area contributed by atoms with E-state index in [1.807, 2.05) is 36.5 Å². The Bertz CT molecular complexity index is 1030. The van der Waals surface area contributed by atoms with Gasteiger partial charge in [-0.25, -0.2) is 0 Å². The summed E-state index contributed by atoms with van der Waals surface area (Å²) in [7, 11) is 0. The molecule has 0 fully saturated rings. The smallest absolute Gasteiger partial charge is 0.196 e. The minimum absolute atomic E-state index is 0.264. The highest BCUT2D eigenvalue weighted by Gasteiger charge is 2.20. The van der Waals surface area contributed by atoms with Crippen molar-refractivity contribution in [1.82, 2.24) is 19.7 Å². The molecule has 0 aliphatic carbocycles. The van der Waals surface area contributed by atoms with Gasteiger partial charge in [-0.3, -0.25) is 9.55 Å². The summed E-state index contributed by atoms with van der Waals surface area (Å²) in [6, 6.07) is 22.7. The van der Waals surface area contributed by atoms with Crippen LogP contribution in [0.5, 0.6) is 0 Å². The Labute approximate surface area is 163 Å². The Morgan fingerprint density at radius 2 is 1.67 bits per heavy atom. The summed E-state index contributed by atoms with van der Waals surface area (Å²) in [6.45, 7) is 4.30. The maximum absolute atomic E-state index is 4.52. The van der Waals surface area contributed by atoms with Crippen LogP contribution in [0.2, 0.25) is 0 Å². The van der Waals surface area contributed by atoms with Gasteiger partial charge in [0.25, 0.3) is 0 Å². The second-order valence-corrected chi connectivity index (χ2v) is 7.65. The number of benzene rings is 2. The van der Waals surface area contributed by atoms with Crippen LogP contribution in [0.3, 0.4) is 0 Å². The lowest BCUT2D eigenvalue weighted by atomic mass is 10.2. The minimum Gasteiger partial charge on any atom is -0.270 e. The molecule has 4 nitrogen and oxygen atoms in total. The van der Waals surface area contributed by atoms with Gasteiger partial charge in [-0.15, -0.1) is 10.2 Å². The third kappa shape index (κ3) is 3.64. The Morgan fingerprint density at radius 3 is 2.41 bits per heavy atom. The van der Waals surface area contributed by atoms with Crippen LogP contribution in [-0.4, -0.2) is 19.7 Å². The number of thioether (sulfide) groups is 1. The predicted octanol–water partition coefficient (Wildman–Crippen LogP) is 5.49. The van der Waals surface area contributed by atoms with Gasteiger partial charge in [-0.05, 0) is 43.2 Å². The number of nitrogens with zero attached hydrogens (tertiary/aromatic N) is 4. The summed E-state index contributed by atoms with van der Waals surface area (Å²) in [5.74, 6) is 0.806. The SMILES string of the molecule is Cc1ccccc1-n1c(SC(C)c2ccccc2)nnc1-c1cccnc1. The van der Waals surface area contributed by atoms with Crippen molar-refractivity contribution in [2.75, 3.05) is 0 Å². The molecular formula is C22H20N4S. The molecule has 4 aromatic rings. The fourth-order valence-corrected chi connectivity index (χ4v) is 4.00. The van der Waals surface area contributed by atoms with Crippen LogP contribution in [-0.2, 0) is 0 Å². The normalized spacial score (nSPS) is 12.1. The van der Waals surface area contributed by atoms with Crippen molar-refractivity contribution >= 4 is 11.8 Å². The Morgan fingerprint density at radius 1 is 0.889 bits per heavy atom. The molecule has 0 saturated heterocycles. The van der Waals surface area contributed by atoms with Crippen LogP contribution >= 0.6 is 11.8 Å². The maximum atomic E-state index is 4.52. The quantitative estimate of drug-likeness (QED) is 0.434. The van der Waals surface area contributed by atoms with Crippen molar-refractivity contribution in [3.05, 3.63) is 90.3 Å². The van der Waals surface area contributed by atoms with Crippen molar-refractivity contribution < 1.29 is 0 Å². The fraction of sp³-hybridized carbons (Fsp3) is 0.136. The molecule has 5 heteroatoms. The molecule has 0 radical (unpaired) electrons. The molecule has 134 valence electrons. The largest absolute Gasteiger partial charge is 0.270 e. The first-order chi connectivity index (χ1) is 13.2. The van der Waals surface area contributed by atoms with Gasteiger partial charge in [0.2, 0.25) is 0 Å². The van der Waals surface area contributed by atoms with Crippen LogP contribution in [0.15, 0.2) is 84.3 Å². The van der Waals surface area contributed by atoms with Crippen molar-refractivity contribution in [2.24, 2.45) is 0 Å². The zero-order valence-corrected chi connectivity index (χ0v) is 16.1. The average Bonchev–Trinajstić information content (AvgIpc) is 3.13. The highest BCUT2D eigenvalue weighted by molar-refractivity contribution is 7.99. The second kappa shape index (κ2) is 7.76. The van der Waals surface area contributed by atoms with E-state index in [1.54, 1.807) is 18.0 Å². The third-order valence-electron chi connectivity index (χ3n) is 4.46. The molecule has 0 N–H and O–H groups in total. The van der Waals surface area contributed by atoms with Crippen molar-refractivity contribution in [3.8, 4) is 17.1 Å². The predicted molar refractivity (Wildman–Crippen MR) is 110 cm³/mol. The molecule has 0 saturated carbocycles. The van der Waals surface area contributed by atoms with Gasteiger partial charge in [-0.1, -0.05) is 60.3 Å². The van der Waals surface area contributed by atoms with Gasteiger partial charge in [-0.2, -0.15) is 0 Å². The lowest BCUT2D eigenvalue weighted by molar-refractivity contribution is 0.873. The number of rotatable bonds is 5. The number of hydrogen-bond donors (Lipinski definition) is 0. The molecule has 0 spiro atoms. The van der Waals surface area contributed by atoms with E-state index in [9.17, 15) is 0 Å². The standard InChI is InChI=1S/C22H20N4S/c1-16-9-6-7-13-20(16)26-21(19-12-8-14-23-15-19)24-25-22(26)27-17(2)18-10-4-3-5-11-18/h3-15,17H,1-2H3. The van der Waals surface area contributed by atoms with E-state index in [4.69, 9.17) is 0 Å². The summed E-state index contributed by atoms with van der Waals surface area (Å²) in [6.07, 6.45) is 3.60. The monoisotopic (exact) mass is 372 g/mol. The molecule has 27 heavy (non-hydrogen) atoms. The highest BCUT2D eigenvalue weighted by Crippen LogP contribution is 2.37. The van der Waals surface area contributed by atoms with E-state index in [-0.39, 0.29) is 5.25 Å². The molecule has 0 bridgehead atoms. The first kappa shape index (κ1) is 17.5. The summed E-state index contributed by atoms with van der Waals surface area (Å²) in [5, 5.41) is 10.2. The first-order valence-corrected chi connectivity index (χ1v) is 9.75. The van der Waals surface area contributed by atoms with Crippen LogP contribution in [0.25, 0.3) is 17.1 Å². The molecule has 1 unspecified atom stereocenters. The van der Waals surface area contributed by atoms with E-state index in [0.717, 1.165) is 22.2 Å². The number of aryl methyl sites for hydroxylation is 1. The number of aromatic nitrogens is 4. The van der Waals surface area contributed by atoms with E-state index < -0.39 is 0 Å². The Hall–Kier alpha value is -2.92. The molecule has 0 amide bonds. The number of para-hydroxylation sites is 1. The van der Waals surface area contributed by atoms with Gasteiger partial charge in [0.05, 0.1) is 5.69 Å². The zero-order valence-electron chi connectivity index (χ0n) is 15.3. The minimum atomic E-state index is 0.264. The van der Waals surface area contributed by atoms with E-state index in [1.165, 1.54) is 11.1 Å². The topological polar surface area (TPSA) is 43.6 Å². The van der Waals surface area contributed by atoms with E-state index in [2.05, 4.69) is 70.0 Å². The first-order valence-electron chi connectivity index (χ1n) is 8.87. The number of pyridine rings is 1. The van der Waals surface area contributed by atoms with Crippen molar-refractivity contribution in [2.45, 2.75) is 24.3 Å². The molecule has 0 aliphatic rings. The summed E-state index contributed by atoms with van der Waals surface area (Å²) in [5.41, 5.74) is 4.48. The number of hydrogen-bond acceptors (Lipinski definition) is 4. The van der Waals surface area contributed by atoms with Gasteiger partial charge in [0.1, 0.15) is 0 Å². The van der Waals surface area contributed by atoms with Gasteiger partial charge >= 0.3 is 0 Å². The highest BCUT2D eigenvalue weighted by atomic mass is 32.2. The molecule has 4 rings (SSSR count). The Balaban J connectivity index is 1.81. The van der Waals surface area contributed by atoms with E-state index in [0.29, 0.717) is 0 Å². The van der Waals surface area contributed by atoms with Crippen molar-refractivity contribution in [1.29, 1.82) is 0 Å². The second-order valence-electron chi connectivity index (χ2n) is 6.34. The van der Waals surface area contributed by atoms with E-state index >= 15 is 0 Å². The van der Waals surface area contributed by atoms with Gasteiger partial charge in [0.15, 0.2) is 11.0 Å². The molecule has 2 aromatic carbocycles. The molecule has 0 aliphatic heterocycles. The van der Waals surface area contributed by atoms with Gasteiger partial charge in [0, 0.05) is 23.2 Å². The summed E-state index contributed by atoms with van der Waals surface area (Å²) < 4.78 is 2.14. The maximum Gasteiger partial charge on any atom is 0.196 e. The lowest BCUT2D eigenvalue weighted by Crippen LogP contribution is -2.02. The summed E-state index contributed by atoms with van der Waals surface area (Å²) in [4.78, 5) is 4.25. The zero-order chi connectivity index (χ0) is 18.6. The molecule has 2 heterocycles. The molecule has 2 aromatic heterocycles. The summed E-state index contributed by atoms with van der Waals surface area (Å²) >= 11 is 1.71. The third-order valence-corrected chi connectivity index (χ3v) is 5.56. The lowest BCUT2D eigenvalue weighted by Gasteiger charge is -2.15. The van der Waals surface area contributed by atoms with Crippen LogP contribution < -0.4 is 0 Å². The molecule has 1 atom stereocenters. The average molecular weight is 372 g/mol. The van der Waals surface area contributed by atoms with Crippen molar-refractivity contribution in [3.63, 3.8) is 0 Å². The fourth-order valence-electron chi connectivity index (χ4n) is 3.01. The van der Waals surface area contributed by atoms with Gasteiger partial charge < -0.3 is 0 Å². The Kier molecular flexibility index (Phi) is 5.03. The van der Waals surface area contributed by atoms with Crippen LogP contribution in [0, 0.1) is 6.92 Å². The van der Waals surface area contributed by atoms with Crippen LogP contribution in [0.1, 0.15) is 23.3 Å². The molecular weight excluding hydrogens is 352 g/mol.